The number of methoxy groups -OCH3 is 2. The van der Waals surface area contributed by atoms with Crippen LogP contribution in [-0.4, -0.2) is 84.0 Å². The molecule has 1 spiro atoms. The average Bonchev–Trinajstić information content (AvgIpc) is 2.74. The molecule has 0 N–H and O–H groups in total. The quantitative estimate of drug-likeness (QED) is 0.702. The fourth-order valence-electron chi connectivity index (χ4n) is 3.80. The fraction of sp³-hybridized carbons (Fsp3) is 1.00. The third-order valence-electron chi connectivity index (χ3n) is 5.05. The van der Waals surface area contributed by atoms with Crippen molar-refractivity contribution in [3.63, 3.8) is 0 Å². The molecule has 0 aromatic rings. The minimum Gasteiger partial charge on any atom is -0.384 e. The van der Waals surface area contributed by atoms with Crippen molar-refractivity contribution < 1.29 is 17.9 Å². The Balaban J connectivity index is 2.02. The van der Waals surface area contributed by atoms with Gasteiger partial charge in [0.15, 0.2) is 0 Å². The largest absolute Gasteiger partial charge is 0.384 e. The van der Waals surface area contributed by atoms with E-state index in [1.807, 2.05) is 0 Å². The van der Waals surface area contributed by atoms with Crippen molar-refractivity contribution in [1.82, 2.24) is 9.21 Å². The predicted molar refractivity (Wildman–Crippen MR) is 81.8 cm³/mol. The van der Waals surface area contributed by atoms with Crippen LogP contribution < -0.4 is 0 Å². The molecule has 1 atom stereocenters. The van der Waals surface area contributed by atoms with E-state index in [9.17, 15) is 8.42 Å². The number of piperidine rings is 1. The Hall–Kier alpha value is -0.210. The fourth-order valence-corrected chi connectivity index (χ4v) is 4.64. The van der Waals surface area contributed by atoms with Gasteiger partial charge in [-0.05, 0) is 18.3 Å². The lowest BCUT2D eigenvalue weighted by atomic mass is 9.71. The lowest BCUT2D eigenvalue weighted by molar-refractivity contribution is 0.0567. The number of rotatable bonds is 6. The maximum absolute atomic E-state index is 11.7. The summed E-state index contributed by atoms with van der Waals surface area (Å²) < 4.78 is 35.6. The summed E-state index contributed by atoms with van der Waals surface area (Å²) in [4.78, 5) is 2.43. The van der Waals surface area contributed by atoms with E-state index in [1.165, 1.54) is 6.26 Å². The molecule has 0 aromatic carbocycles. The molecule has 2 heterocycles. The molecule has 0 amide bonds. The molecule has 2 fully saturated rings. The van der Waals surface area contributed by atoms with Gasteiger partial charge in [-0.1, -0.05) is 0 Å². The molecule has 0 aliphatic carbocycles. The van der Waals surface area contributed by atoms with E-state index < -0.39 is 10.0 Å². The zero-order valence-corrected chi connectivity index (χ0v) is 14.2. The summed E-state index contributed by atoms with van der Waals surface area (Å²) in [6.07, 6.45) is 3.16. The number of nitrogens with zero attached hydrogens (tertiary/aromatic N) is 2. The second-order valence-corrected chi connectivity index (χ2v) is 8.39. The third-order valence-corrected chi connectivity index (χ3v) is 6.35. The van der Waals surface area contributed by atoms with Crippen LogP contribution in [0.2, 0.25) is 0 Å². The first-order valence-electron chi connectivity index (χ1n) is 7.56. The van der Waals surface area contributed by atoms with Gasteiger partial charge in [0.05, 0.1) is 19.5 Å². The molecule has 6 nitrogen and oxygen atoms in total. The van der Waals surface area contributed by atoms with E-state index in [0.717, 1.165) is 45.7 Å². The molecule has 2 saturated heterocycles. The van der Waals surface area contributed by atoms with Crippen LogP contribution in [0.15, 0.2) is 0 Å². The Kier molecular flexibility index (Phi) is 5.65. The number of sulfonamides is 1. The average molecular weight is 320 g/mol. The van der Waals surface area contributed by atoms with Crippen molar-refractivity contribution in [1.29, 1.82) is 0 Å². The summed E-state index contributed by atoms with van der Waals surface area (Å²) >= 11 is 0. The summed E-state index contributed by atoms with van der Waals surface area (Å²) in [5.74, 6) is 0.487. The highest BCUT2D eigenvalue weighted by molar-refractivity contribution is 7.88. The van der Waals surface area contributed by atoms with Crippen molar-refractivity contribution >= 4 is 10.0 Å². The topological polar surface area (TPSA) is 59.1 Å². The maximum atomic E-state index is 11.7. The van der Waals surface area contributed by atoms with Gasteiger partial charge in [0.25, 0.3) is 0 Å². The Labute approximate surface area is 128 Å². The Morgan fingerprint density at radius 2 is 1.86 bits per heavy atom. The van der Waals surface area contributed by atoms with Crippen LogP contribution in [0.4, 0.5) is 0 Å². The minimum atomic E-state index is -3.06. The Morgan fingerprint density at radius 3 is 2.38 bits per heavy atom. The molecule has 2 aliphatic rings. The minimum absolute atomic E-state index is 0.199. The molecular formula is C14H28N2O4S. The molecule has 0 aromatic heterocycles. The van der Waals surface area contributed by atoms with Crippen LogP contribution >= 0.6 is 0 Å². The summed E-state index contributed by atoms with van der Waals surface area (Å²) in [7, 11) is 0.411. The van der Waals surface area contributed by atoms with Crippen molar-refractivity contribution in [2.75, 3.05) is 66.4 Å². The Morgan fingerprint density at radius 1 is 1.19 bits per heavy atom. The standard InChI is InChI=1S/C14H28N2O4S/c1-19-9-8-15-10-13(11-20-2)14(12-15)4-6-16(7-5-14)21(3,17)18/h13H,4-12H2,1-3H3. The maximum Gasteiger partial charge on any atom is 0.211 e. The summed E-state index contributed by atoms with van der Waals surface area (Å²) in [6, 6.07) is 0. The summed E-state index contributed by atoms with van der Waals surface area (Å²) in [6.45, 7) is 5.76. The molecule has 21 heavy (non-hydrogen) atoms. The SMILES string of the molecule is COCCN1CC(COC)C2(CCN(S(C)(=O)=O)CC2)C1. The van der Waals surface area contributed by atoms with Gasteiger partial charge in [0.2, 0.25) is 10.0 Å². The van der Waals surface area contributed by atoms with E-state index in [2.05, 4.69) is 4.90 Å². The number of ether oxygens (including phenoxy) is 2. The van der Waals surface area contributed by atoms with Gasteiger partial charge < -0.3 is 14.4 Å². The van der Waals surface area contributed by atoms with Crippen molar-refractivity contribution in [2.24, 2.45) is 11.3 Å². The lowest BCUT2D eigenvalue weighted by Crippen LogP contribution is -2.46. The molecular weight excluding hydrogens is 292 g/mol. The van der Waals surface area contributed by atoms with E-state index in [0.29, 0.717) is 19.0 Å². The first-order valence-corrected chi connectivity index (χ1v) is 9.41. The highest BCUT2D eigenvalue weighted by Crippen LogP contribution is 2.45. The first-order chi connectivity index (χ1) is 9.91. The van der Waals surface area contributed by atoms with Gasteiger partial charge in [0.1, 0.15) is 0 Å². The summed E-state index contributed by atoms with van der Waals surface area (Å²) in [5, 5.41) is 0. The van der Waals surface area contributed by atoms with E-state index in [1.54, 1.807) is 18.5 Å². The van der Waals surface area contributed by atoms with Crippen molar-refractivity contribution in [3.8, 4) is 0 Å². The van der Waals surface area contributed by atoms with Crippen LogP contribution in [0.5, 0.6) is 0 Å². The van der Waals surface area contributed by atoms with Crippen LogP contribution in [0.3, 0.4) is 0 Å². The summed E-state index contributed by atoms with van der Waals surface area (Å²) in [5.41, 5.74) is 0.199. The van der Waals surface area contributed by atoms with Gasteiger partial charge in [-0.25, -0.2) is 12.7 Å². The molecule has 7 heteroatoms. The normalized spacial score (nSPS) is 27.5. The van der Waals surface area contributed by atoms with Gasteiger partial charge in [0, 0.05) is 52.9 Å². The van der Waals surface area contributed by atoms with Gasteiger partial charge >= 0.3 is 0 Å². The Bertz CT molecular complexity index is 432. The predicted octanol–water partition coefficient (Wildman–Crippen LogP) is 0.253. The number of likely N-dealkylation sites (tertiary alicyclic amines) is 1. The molecule has 0 bridgehead atoms. The van der Waals surface area contributed by atoms with Gasteiger partial charge in [-0.3, -0.25) is 0 Å². The second-order valence-electron chi connectivity index (χ2n) is 6.40. The van der Waals surface area contributed by atoms with E-state index in [-0.39, 0.29) is 5.41 Å². The smallest absolute Gasteiger partial charge is 0.211 e. The van der Waals surface area contributed by atoms with Crippen molar-refractivity contribution in [3.05, 3.63) is 0 Å². The zero-order chi connectivity index (χ0) is 15.5. The molecule has 0 radical (unpaired) electrons. The number of hydrogen-bond donors (Lipinski definition) is 0. The van der Waals surface area contributed by atoms with Crippen LogP contribution in [0.1, 0.15) is 12.8 Å². The zero-order valence-electron chi connectivity index (χ0n) is 13.4. The van der Waals surface area contributed by atoms with E-state index in [4.69, 9.17) is 9.47 Å². The monoisotopic (exact) mass is 320 g/mol. The molecule has 124 valence electrons. The van der Waals surface area contributed by atoms with Gasteiger partial charge in [-0.2, -0.15) is 0 Å². The molecule has 0 saturated carbocycles. The molecule has 2 aliphatic heterocycles. The van der Waals surface area contributed by atoms with Crippen LogP contribution in [-0.2, 0) is 19.5 Å². The first kappa shape index (κ1) is 17.1. The number of hydrogen-bond acceptors (Lipinski definition) is 5. The molecule has 1 unspecified atom stereocenters. The van der Waals surface area contributed by atoms with Gasteiger partial charge in [-0.15, -0.1) is 0 Å². The highest BCUT2D eigenvalue weighted by Gasteiger charge is 2.48. The lowest BCUT2D eigenvalue weighted by Gasteiger charge is -2.41. The van der Waals surface area contributed by atoms with Crippen LogP contribution in [0, 0.1) is 11.3 Å². The van der Waals surface area contributed by atoms with E-state index >= 15 is 0 Å². The highest BCUT2D eigenvalue weighted by atomic mass is 32.2. The molecule has 2 rings (SSSR count). The van der Waals surface area contributed by atoms with Crippen molar-refractivity contribution in [2.45, 2.75) is 12.8 Å². The third kappa shape index (κ3) is 3.96. The van der Waals surface area contributed by atoms with Crippen LogP contribution in [0.25, 0.3) is 0 Å². The second kappa shape index (κ2) is 6.91.